The first-order valence-corrected chi connectivity index (χ1v) is 4.82. The van der Waals surface area contributed by atoms with E-state index in [2.05, 4.69) is 4.98 Å². The Labute approximate surface area is 83.9 Å². The van der Waals surface area contributed by atoms with E-state index >= 15 is 0 Å². The Hall–Kier alpha value is -0.870. The Bertz CT molecular complexity index is 258. The van der Waals surface area contributed by atoms with Crippen molar-refractivity contribution in [1.82, 2.24) is 4.98 Å². The van der Waals surface area contributed by atoms with E-state index in [0.29, 0.717) is 13.0 Å². The zero-order valence-corrected chi connectivity index (χ0v) is 8.69. The number of rotatable bonds is 6. The van der Waals surface area contributed by atoms with E-state index in [9.17, 15) is 0 Å². The maximum atomic E-state index is 9.13. The molecule has 0 fully saturated rings. The van der Waals surface area contributed by atoms with Gasteiger partial charge in [0.15, 0.2) is 5.89 Å². The summed E-state index contributed by atoms with van der Waals surface area (Å²) in [6, 6.07) is 0. The highest BCUT2D eigenvalue weighted by Gasteiger charge is 2.05. The fourth-order valence-electron chi connectivity index (χ4n) is 1.23. The Kier molecular flexibility index (Phi) is 4.62. The normalized spacial score (nSPS) is 13.1. The molecule has 14 heavy (non-hydrogen) atoms. The predicted octanol–water partition coefficient (Wildman–Crippen LogP) is 1.18. The van der Waals surface area contributed by atoms with Crippen LogP contribution in [0.2, 0.25) is 0 Å². The second kappa shape index (κ2) is 5.78. The van der Waals surface area contributed by atoms with Gasteiger partial charge in [-0.05, 0) is 13.3 Å². The van der Waals surface area contributed by atoms with Crippen molar-refractivity contribution in [2.75, 3.05) is 13.7 Å². The third-order valence-corrected chi connectivity index (χ3v) is 1.84. The van der Waals surface area contributed by atoms with Crippen LogP contribution >= 0.6 is 0 Å². The molecule has 1 aromatic heterocycles. The highest BCUT2D eigenvalue weighted by atomic mass is 16.5. The van der Waals surface area contributed by atoms with E-state index in [4.69, 9.17) is 14.3 Å². The Morgan fingerprint density at radius 1 is 1.64 bits per heavy atom. The van der Waals surface area contributed by atoms with Crippen molar-refractivity contribution < 1.29 is 14.3 Å². The van der Waals surface area contributed by atoms with Gasteiger partial charge in [-0.2, -0.15) is 0 Å². The van der Waals surface area contributed by atoms with Crippen molar-refractivity contribution in [1.29, 1.82) is 0 Å². The van der Waals surface area contributed by atoms with Crippen LogP contribution < -0.4 is 0 Å². The van der Waals surface area contributed by atoms with Crippen LogP contribution in [-0.4, -0.2) is 29.9 Å². The van der Waals surface area contributed by atoms with E-state index in [1.807, 2.05) is 0 Å². The van der Waals surface area contributed by atoms with E-state index in [-0.39, 0.29) is 6.10 Å². The summed E-state index contributed by atoms with van der Waals surface area (Å²) in [5, 5.41) is 9.13. The summed E-state index contributed by atoms with van der Waals surface area (Å²) in [6.07, 6.45) is 3.48. The topological polar surface area (TPSA) is 55.5 Å². The molecule has 0 saturated heterocycles. The maximum absolute atomic E-state index is 9.13. The lowest BCUT2D eigenvalue weighted by molar-refractivity contribution is 0.192. The Morgan fingerprint density at radius 2 is 2.43 bits per heavy atom. The lowest BCUT2D eigenvalue weighted by atomic mass is 10.2. The fourth-order valence-corrected chi connectivity index (χ4v) is 1.23. The minimum atomic E-state index is -0.369. The van der Waals surface area contributed by atoms with Crippen LogP contribution in [0.15, 0.2) is 10.7 Å². The summed E-state index contributed by atoms with van der Waals surface area (Å²) in [4.78, 5) is 4.24. The largest absolute Gasteiger partial charge is 0.449 e. The molecule has 0 aliphatic carbocycles. The van der Waals surface area contributed by atoms with Gasteiger partial charge >= 0.3 is 0 Å². The van der Waals surface area contributed by atoms with Crippen LogP contribution in [0.3, 0.4) is 0 Å². The molecule has 0 radical (unpaired) electrons. The number of oxazole rings is 1. The van der Waals surface area contributed by atoms with Crippen molar-refractivity contribution in [2.24, 2.45) is 0 Å². The summed E-state index contributed by atoms with van der Waals surface area (Å²) in [7, 11) is 1.68. The predicted molar refractivity (Wildman–Crippen MR) is 52.1 cm³/mol. The molecule has 1 aromatic rings. The van der Waals surface area contributed by atoms with Crippen LogP contribution in [0.5, 0.6) is 0 Å². The van der Waals surface area contributed by atoms with Crippen LogP contribution in [0.4, 0.5) is 0 Å². The molecule has 0 bridgehead atoms. The SMILES string of the molecule is COCCCc1nc(CC(C)O)co1. The standard InChI is InChI=1S/C10H17NO3/c1-8(12)6-9-7-14-10(11-9)4-3-5-13-2/h7-8,12H,3-6H2,1-2H3. The van der Waals surface area contributed by atoms with Gasteiger partial charge in [0.05, 0.1) is 11.8 Å². The van der Waals surface area contributed by atoms with Gasteiger partial charge in [-0.15, -0.1) is 0 Å². The molecule has 0 amide bonds. The summed E-state index contributed by atoms with van der Waals surface area (Å²) in [5.74, 6) is 0.720. The molecule has 0 aliphatic rings. The van der Waals surface area contributed by atoms with Gasteiger partial charge in [0.25, 0.3) is 0 Å². The number of methoxy groups -OCH3 is 1. The molecule has 0 aliphatic heterocycles. The van der Waals surface area contributed by atoms with E-state index in [1.54, 1.807) is 20.3 Å². The van der Waals surface area contributed by atoms with Crippen molar-refractivity contribution in [3.63, 3.8) is 0 Å². The highest BCUT2D eigenvalue weighted by molar-refractivity contribution is 4.97. The van der Waals surface area contributed by atoms with E-state index in [1.165, 1.54) is 0 Å². The van der Waals surface area contributed by atoms with Gasteiger partial charge in [0.2, 0.25) is 0 Å². The average molecular weight is 199 g/mol. The number of hydrogen-bond acceptors (Lipinski definition) is 4. The van der Waals surface area contributed by atoms with Crippen molar-refractivity contribution >= 4 is 0 Å². The minimum Gasteiger partial charge on any atom is -0.449 e. The molecular weight excluding hydrogens is 182 g/mol. The second-order valence-corrected chi connectivity index (χ2v) is 3.38. The first-order chi connectivity index (χ1) is 6.72. The molecule has 1 unspecified atom stereocenters. The van der Waals surface area contributed by atoms with Gasteiger partial charge in [-0.25, -0.2) is 4.98 Å². The molecular formula is C10H17NO3. The first kappa shape index (κ1) is 11.2. The van der Waals surface area contributed by atoms with Gasteiger partial charge in [0, 0.05) is 26.6 Å². The number of aryl methyl sites for hydroxylation is 1. The Balaban J connectivity index is 2.35. The summed E-state index contributed by atoms with van der Waals surface area (Å²) < 4.78 is 10.2. The maximum Gasteiger partial charge on any atom is 0.194 e. The quantitative estimate of drug-likeness (QED) is 0.699. The number of hydrogen-bond donors (Lipinski definition) is 1. The third kappa shape index (κ3) is 3.89. The molecule has 1 heterocycles. The summed E-state index contributed by atoms with van der Waals surface area (Å²) in [5.41, 5.74) is 0.812. The third-order valence-electron chi connectivity index (χ3n) is 1.84. The first-order valence-electron chi connectivity index (χ1n) is 4.82. The molecule has 4 nitrogen and oxygen atoms in total. The Morgan fingerprint density at radius 3 is 3.07 bits per heavy atom. The van der Waals surface area contributed by atoms with Gasteiger partial charge < -0.3 is 14.3 Å². The van der Waals surface area contributed by atoms with Crippen molar-refractivity contribution in [2.45, 2.75) is 32.3 Å². The minimum absolute atomic E-state index is 0.369. The second-order valence-electron chi connectivity index (χ2n) is 3.38. The molecule has 80 valence electrons. The molecule has 0 spiro atoms. The lowest BCUT2D eigenvalue weighted by Gasteiger charge is -1.97. The highest BCUT2D eigenvalue weighted by Crippen LogP contribution is 2.06. The van der Waals surface area contributed by atoms with Gasteiger partial charge in [-0.3, -0.25) is 0 Å². The molecule has 1 rings (SSSR count). The van der Waals surface area contributed by atoms with Crippen LogP contribution in [0.1, 0.15) is 24.9 Å². The van der Waals surface area contributed by atoms with Crippen molar-refractivity contribution in [3.8, 4) is 0 Å². The molecule has 0 saturated carbocycles. The number of aliphatic hydroxyl groups excluding tert-OH is 1. The molecule has 0 aromatic carbocycles. The van der Waals surface area contributed by atoms with Crippen molar-refractivity contribution in [3.05, 3.63) is 17.8 Å². The van der Waals surface area contributed by atoms with Crippen LogP contribution in [0, 0.1) is 0 Å². The van der Waals surface area contributed by atoms with E-state index in [0.717, 1.165) is 24.4 Å². The molecule has 4 heteroatoms. The lowest BCUT2D eigenvalue weighted by Crippen LogP contribution is -2.04. The average Bonchev–Trinajstić information content (AvgIpc) is 2.52. The smallest absolute Gasteiger partial charge is 0.194 e. The van der Waals surface area contributed by atoms with E-state index < -0.39 is 0 Å². The van der Waals surface area contributed by atoms with Crippen LogP contribution in [0.25, 0.3) is 0 Å². The zero-order valence-electron chi connectivity index (χ0n) is 8.69. The number of aliphatic hydroxyl groups is 1. The fraction of sp³-hybridized carbons (Fsp3) is 0.700. The van der Waals surface area contributed by atoms with Gasteiger partial charge in [-0.1, -0.05) is 0 Å². The number of ether oxygens (including phenoxy) is 1. The molecule has 1 N–H and O–H groups in total. The number of nitrogens with zero attached hydrogens (tertiary/aromatic N) is 1. The van der Waals surface area contributed by atoms with Gasteiger partial charge in [0.1, 0.15) is 6.26 Å². The monoisotopic (exact) mass is 199 g/mol. The number of aromatic nitrogens is 1. The molecule has 1 atom stereocenters. The zero-order chi connectivity index (χ0) is 10.4. The van der Waals surface area contributed by atoms with Crippen LogP contribution in [-0.2, 0) is 17.6 Å². The summed E-state index contributed by atoms with van der Waals surface area (Å²) >= 11 is 0. The summed E-state index contributed by atoms with van der Waals surface area (Å²) in [6.45, 7) is 2.45.